The van der Waals surface area contributed by atoms with Crippen LogP contribution in [-0.4, -0.2) is 44.8 Å². The van der Waals surface area contributed by atoms with E-state index in [-0.39, 0.29) is 11.9 Å². The summed E-state index contributed by atoms with van der Waals surface area (Å²) in [4.78, 5) is 2.53. The fourth-order valence-electron chi connectivity index (χ4n) is 3.43. The molecule has 140 valence electrons. The average molecular weight is 381 g/mol. The Morgan fingerprint density at radius 1 is 0.889 bits per heavy atom. The van der Waals surface area contributed by atoms with Crippen LogP contribution in [0.2, 0.25) is 0 Å². The van der Waals surface area contributed by atoms with Gasteiger partial charge in [-0.15, -0.1) is 0 Å². The van der Waals surface area contributed by atoms with Gasteiger partial charge in [-0.3, -0.25) is 4.90 Å². The second-order valence-corrected chi connectivity index (χ2v) is 9.07. The molecule has 0 aromatic heterocycles. The van der Waals surface area contributed by atoms with Gasteiger partial charge < -0.3 is 4.74 Å². The van der Waals surface area contributed by atoms with E-state index < -0.39 is 9.84 Å². The van der Waals surface area contributed by atoms with E-state index in [9.17, 15) is 8.42 Å². The van der Waals surface area contributed by atoms with E-state index in [1.807, 2.05) is 18.2 Å². The van der Waals surface area contributed by atoms with Crippen LogP contribution in [-0.2, 0) is 21.2 Å². The third-order valence-corrected chi connectivity index (χ3v) is 6.77. The van der Waals surface area contributed by atoms with E-state index in [0.717, 1.165) is 13.1 Å². The molecule has 0 radical (unpaired) electrons. The van der Waals surface area contributed by atoms with Crippen LogP contribution in [0.15, 0.2) is 77.7 Å². The first-order valence-electron chi connectivity index (χ1n) is 9.20. The van der Waals surface area contributed by atoms with Gasteiger partial charge in [-0.25, -0.2) is 8.42 Å². The Bertz CT molecular complexity index is 1010. The topological polar surface area (TPSA) is 46.6 Å². The molecule has 4 nitrogen and oxygen atoms in total. The lowest BCUT2D eigenvalue weighted by Crippen LogP contribution is -2.53. The highest BCUT2D eigenvalue weighted by atomic mass is 32.2. The summed E-state index contributed by atoms with van der Waals surface area (Å²) in [5, 5.41) is 2.45. The molecule has 4 rings (SSSR count). The highest BCUT2D eigenvalue weighted by molar-refractivity contribution is 7.91. The van der Waals surface area contributed by atoms with Crippen molar-refractivity contribution in [1.82, 2.24) is 4.90 Å². The molecule has 1 heterocycles. The summed E-state index contributed by atoms with van der Waals surface area (Å²) in [7, 11) is -3.21. The summed E-state index contributed by atoms with van der Waals surface area (Å²) in [5.74, 6) is 0.146. The zero-order chi connectivity index (χ0) is 18.7. The molecule has 0 spiro atoms. The van der Waals surface area contributed by atoms with Gasteiger partial charge in [0, 0.05) is 19.6 Å². The summed E-state index contributed by atoms with van der Waals surface area (Å²) in [6, 6.07) is 23.2. The quantitative estimate of drug-likeness (QED) is 0.628. The molecule has 1 aliphatic rings. The van der Waals surface area contributed by atoms with E-state index in [1.54, 1.807) is 24.3 Å². The Morgan fingerprint density at radius 3 is 2.41 bits per heavy atom. The van der Waals surface area contributed by atoms with Gasteiger partial charge in [0.2, 0.25) is 0 Å². The van der Waals surface area contributed by atoms with Gasteiger partial charge in [0.25, 0.3) is 0 Å². The maximum Gasteiger partial charge on any atom is 0.179 e. The molecule has 0 N–H and O–H groups in total. The maximum absolute atomic E-state index is 12.3. The van der Waals surface area contributed by atoms with Crippen LogP contribution >= 0.6 is 0 Å². The van der Waals surface area contributed by atoms with Crippen LogP contribution in [0.4, 0.5) is 0 Å². The molecule has 5 heteroatoms. The number of nitrogens with zero attached hydrogens (tertiary/aromatic N) is 1. The average Bonchev–Trinajstić information content (AvgIpc) is 2.67. The fraction of sp³-hybridized carbons (Fsp3) is 0.273. The minimum absolute atomic E-state index is 0.146. The van der Waals surface area contributed by atoms with Crippen LogP contribution in [0, 0.1) is 0 Å². The predicted molar refractivity (Wildman–Crippen MR) is 107 cm³/mol. The molecular weight excluding hydrogens is 358 g/mol. The molecule has 0 unspecified atom stereocenters. The van der Waals surface area contributed by atoms with Crippen LogP contribution in [0.25, 0.3) is 10.8 Å². The smallest absolute Gasteiger partial charge is 0.179 e. The van der Waals surface area contributed by atoms with Gasteiger partial charge in [-0.2, -0.15) is 0 Å². The minimum Gasteiger partial charge on any atom is -0.371 e. The first kappa shape index (κ1) is 18.2. The molecule has 27 heavy (non-hydrogen) atoms. The van der Waals surface area contributed by atoms with Crippen molar-refractivity contribution in [2.45, 2.75) is 17.6 Å². The summed E-state index contributed by atoms with van der Waals surface area (Å²) >= 11 is 0. The molecule has 1 fully saturated rings. The van der Waals surface area contributed by atoms with E-state index in [2.05, 4.69) is 35.2 Å². The molecule has 3 aromatic carbocycles. The van der Waals surface area contributed by atoms with Crippen molar-refractivity contribution < 1.29 is 13.2 Å². The molecule has 0 atom stereocenters. The summed E-state index contributed by atoms with van der Waals surface area (Å²) in [5.41, 5.74) is 1.19. The lowest BCUT2D eigenvalue weighted by atomic mass is 10.1. The highest BCUT2D eigenvalue weighted by Crippen LogP contribution is 2.21. The van der Waals surface area contributed by atoms with E-state index in [0.29, 0.717) is 18.0 Å². The van der Waals surface area contributed by atoms with Gasteiger partial charge >= 0.3 is 0 Å². The first-order valence-corrected chi connectivity index (χ1v) is 10.9. The number of benzene rings is 3. The van der Waals surface area contributed by atoms with E-state index >= 15 is 0 Å². The zero-order valence-corrected chi connectivity index (χ0v) is 15.9. The summed E-state index contributed by atoms with van der Waals surface area (Å²) < 4.78 is 30.7. The molecule has 1 saturated heterocycles. The van der Waals surface area contributed by atoms with Crippen molar-refractivity contribution >= 4 is 20.6 Å². The third kappa shape index (κ3) is 4.21. The third-order valence-electron chi connectivity index (χ3n) is 5.06. The van der Waals surface area contributed by atoms with Crippen LogP contribution in [0.5, 0.6) is 0 Å². The van der Waals surface area contributed by atoms with E-state index in [1.165, 1.54) is 16.3 Å². The Labute approximate surface area is 160 Å². The second-order valence-electron chi connectivity index (χ2n) is 6.96. The van der Waals surface area contributed by atoms with Gasteiger partial charge in [-0.1, -0.05) is 60.7 Å². The Hall–Kier alpha value is -2.21. The van der Waals surface area contributed by atoms with Crippen molar-refractivity contribution in [1.29, 1.82) is 0 Å². The Morgan fingerprint density at radius 2 is 1.59 bits per heavy atom. The molecule has 3 aromatic rings. The van der Waals surface area contributed by atoms with Crippen LogP contribution < -0.4 is 0 Å². The summed E-state index contributed by atoms with van der Waals surface area (Å²) in [6.45, 7) is 2.71. The van der Waals surface area contributed by atoms with Crippen molar-refractivity contribution in [3.8, 4) is 0 Å². The monoisotopic (exact) mass is 381 g/mol. The van der Waals surface area contributed by atoms with Gasteiger partial charge in [0.1, 0.15) is 0 Å². The molecule has 1 aliphatic heterocycles. The normalized spacial score (nSPS) is 15.7. The lowest BCUT2D eigenvalue weighted by Gasteiger charge is -2.38. The molecule has 0 aliphatic carbocycles. The van der Waals surface area contributed by atoms with Gasteiger partial charge in [0.05, 0.1) is 23.4 Å². The van der Waals surface area contributed by atoms with Crippen LogP contribution in [0.1, 0.15) is 5.56 Å². The number of likely N-dealkylation sites (tertiary alicyclic amines) is 1. The number of ether oxygens (including phenoxy) is 1. The van der Waals surface area contributed by atoms with Gasteiger partial charge in [0.15, 0.2) is 9.84 Å². The number of sulfone groups is 1. The first-order chi connectivity index (χ1) is 13.1. The SMILES string of the molecule is O=S(=O)(CCN1CC(OCc2cccc3ccccc23)C1)c1ccccc1. The van der Waals surface area contributed by atoms with Crippen molar-refractivity contribution in [2.75, 3.05) is 25.4 Å². The summed E-state index contributed by atoms with van der Waals surface area (Å²) in [6.07, 6.45) is 0.170. The standard InChI is InChI=1S/C22H23NO3S/c24-27(25,21-10-2-1-3-11-21)14-13-23-15-20(16-23)26-17-19-9-6-8-18-7-4-5-12-22(18)19/h1-12,20H,13-17H2. The predicted octanol–water partition coefficient (Wildman–Crippen LogP) is 3.51. The number of hydrogen-bond donors (Lipinski definition) is 0. The minimum atomic E-state index is -3.21. The van der Waals surface area contributed by atoms with Crippen molar-refractivity contribution in [3.63, 3.8) is 0 Å². The molecule has 0 saturated carbocycles. The molecular formula is C22H23NO3S. The Balaban J connectivity index is 1.26. The van der Waals surface area contributed by atoms with Crippen molar-refractivity contribution in [2.24, 2.45) is 0 Å². The number of fused-ring (bicyclic) bond motifs is 1. The maximum atomic E-state index is 12.3. The lowest BCUT2D eigenvalue weighted by molar-refractivity contribution is -0.0596. The number of hydrogen-bond acceptors (Lipinski definition) is 4. The highest BCUT2D eigenvalue weighted by Gasteiger charge is 2.28. The van der Waals surface area contributed by atoms with Crippen LogP contribution in [0.3, 0.4) is 0 Å². The second kappa shape index (κ2) is 7.80. The fourth-order valence-corrected chi connectivity index (χ4v) is 4.74. The van der Waals surface area contributed by atoms with Gasteiger partial charge in [-0.05, 0) is 28.5 Å². The number of rotatable bonds is 7. The largest absolute Gasteiger partial charge is 0.371 e. The molecule has 0 bridgehead atoms. The van der Waals surface area contributed by atoms with Crippen molar-refractivity contribution in [3.05, 3.63) is 78.4 Å². The zero-order valence-electron chi connectivity index (χ0n) is 15.1. The molecule has 0 amide bonds. The van der Waals surface area contributed by atoms with E-state index in [4.69, 9.17) is 4.74 Å². The Kier molecular flexibility index (Phi) is 5.25.